The van der Waals surface area contributed by atoms with Crippen LogP contribution in [-0.2, 0) is 17.9 Å². The van der Waals surface area contributed by atoms with E-state index in [0.29, 0.717) is 22.2 Å². The zero-order valence-electron chi connectivity index (χ0n) is 17.8. The second-order valence-electron chi connectivity index (χ2n) is 7.90. The first-order chi connectivity index (χ1) is 15.6. The predicted molar refractivity (Wildman–Crippen MR) is 129 cm³/mol. The summed E-state index contributed by atoms with van der Waals surface area (Å²) >= 11 is 11.3. The first-order valence-corrected chi connectivity index (χ1v) is 11.5. The van der Waals surface area contributed by atoms with E-state index in [0.717, 1.165) is 44.8 Å². The average molecular weight is 471 g/mol. The standard InChI is InChI=1S/C23H27ClN6OS/c24-20-8-6-19(7-9-20)22-26-27-23(32)30(22)17-21(31)25-10-11-28-12-14-29(15-13-28)16-18-4-2-1-3-5-18/h1-9H,10-17H2,(H,25,31)(H,27,32). The van der Waals surface area contributed by atoms with Crippen molar-refractivity contribution < 1.29 is 4.79 Å². The number of H-pyrrole nitrogens is 1. The number of nitrogens with zero attached hydrogens (tertiary/aromatic N) is 4. The lowest BCUT2D eigenvalue weighted by Gasteiger charge is -2.34. The number of hydrogen-bond acceptors (Lipinski definition) is 5. The lowest BCUT2D eigenvalue weighted by Crippen LogP contribution is -2.48. The Kier molecular flexibility index (Phi) is 7.70. The van der Waals surface area contributed by atoms with Crippen molar-refractivity contribution in [3.05, 3.63) is 70.0 Å². The molecule has 2 aromatic carbocycles. The third-order valence-corrected chi connectivity index (χ3v) is 6.19. The molecule has 2 heterocycles. The van der Waals surface area contributed by atoms with Crippen LogP contribution < -0.4 is 5.32 Å². The zero-order chi connectivity index (χ0) is 22.3. The lowest BCUT2D eigenvalue weighted by molar-refractivity contribution is -0.121. The highest BCUT2D eigenvalue weighted by atomic mass is 35.5. The van der Waals surface area contributed by atoms with E-state index in [1.165, 1.54) is 5.56 Å². The van der Waals surface area contributed by atoms with E-state index in [1.54, 1.807) is 16.7 Å². The van der Waals surface area contributed by atoms with Gasteiger partial charge in [-0.3, -0.25) is 24.3 Å². The number of aromatic nitrogens is 3. The van der Waals surface area contributed by atoms with Crippen molar-refractivity contribution in [3.8, 4) is 11.4 Å². The van der Waals surface area contributed by atoms with Crippen molar-refractivity contribution in [2.45, 2.75) is 13.1 Å². The minimum Gasteiger partial charge on any atom is -0.353 e. The van der Waals surface area contributed by atoms with Gasteiger partial charge in [0.1, 0.15) is 6.54 Å². The Morgan fingerprint density at radius 1 is 1.03 bits per heavy atom. The molecule has 32 heavy (non-hydrogen) atoms. The maximum absolute atomic E-state index is 12.5. The number of piperazine rings is 1. The summed E-state index contributed by atoms with van der Waals surface area (Å²) in [6.45, 7) is 6.66. The first-order valence-electron chi connectivity index (χ1n) is 10.7. The fraction of sp³-hybridized carbons (Fsp3) is 0.348. The van der Waals surface area contributed by atoms with Crippen molar-refractivity contribution in [1.29, 1.82) is 0 Å². The number of rotatable bonds is 8. The molecule has 7 nitrogen and oxygen atoms in total. The number of aromatic amines is 1. The minimum atomic E-state index is -0.0829. The van der Waals surface area contributed by atoms with Gasteiger partial charge in [0.15, 0.2) is 10.6 Å². The Hall–Kier alpha value is -2.52. The molecule has 1 amide bonds. The van der Waals surface area contributed by atoms with Gasteiger partial charge in [-0.15, -0.1) is 0 Å². The molecule has 3 aromatic rings. The topological polar surface area (TPSA) is 69.2 Å². The van der Waals surface area contributed by atoms with Gasteiger partial charge in [-0.05, 0) is 42.0 Å². The van der Waals surface area contributed by atoms with E-state index in [1.807, 2.05) is 12.1 Å². The number of carbonyl (C=O) groups excluding carboxylic acids is 1. The molecule has 0 spiro atoms. The van der Waals surface area contributed by atoms with Crippen molar-refractivity contribution in [2.75, 3.05) is 39.3 Å². The number of amides is 1. The van der Waals surface area contributed by atoms with Crippen LogP contribution >= 0.6 is 23.8 Å². The summed E-state index contributed by atoms with van der Waals surface area (Å²) < 4.78 is 2.12. The summed E-state index contributed by atoms with van der Waals surface area (Å²) in [5, 5.41) is 10.7. The molecule has 1 saturated heterocycles. The summed E-state index contributed by atoms with van der Waals surface area (Å²) in [4.78, 5) is 17.4. The molecular formula is C23H27ClN6OS. The van der Waals surface area contributed by atoms with E-state index < -0.39 is 0 Å². The molecule has 2 N–H and O–H groups in total. The van der Waals surface area contributed by atoms with Gasteiger partial charge in [-0.1, -0.05) is 41.9 Å². The Balaban J connectivity index is 1.21. The molecule has 1 aliphatic rings. The molecule has 0 aliphatic carbocycles. The SMILES string of the molecule is O=C(Cn1c(-c2ccc(Cl)cc2)n[nH]c1=S)NCCN1CCN(Cc2ccccc2)CC1. The third-order valence-electron chi connectivity index (χ3n) is 5.63. The number of hydrogen-bond donors (Lipinski definition) is 2. The Morgan fingerprint density at radius 3 is 2.44 bits per heavy atom. The summed E-state index contributed by atoms with van der Waals surface area (Å²) in [7, 11) is 0. The highest BCUT2D eigenvalue weighted by molar-refractivity contribution is 7.71. The molecular weight excluding hydrogens is 444 g/mol. The van der Waals surface area contributed by atoms with Gasteiger partial charge >= 0.3 is 0 Å². The predicted octanol–water partition coefficient (Wildman–Crippen LogP) is 3.20. The molecule has 1 aromatic heterocycles. The van der Waals surface area contributed by atoms with E-state index in [9.17, 15) is 4.79 Å². The van der Waals surface area contributed by atoms with Crippen LogP contribution in [0, 0.1) is 4.77 Å². The lowest BCUT2D eigenvalue weighted by atomic mass is 10.2. The van der Waals surface area contributed by atoms with Crippen LogP contribution in [-0.4, -0.2) is 69.7 Å². The third kappa shape index (κ3) is 6.04. The van der Waals surface area contributed by atoms with Crippen LogP contribution in [0.1, 0.15) is 5.56 Å². The summed E-state index contributed by atoms with van der Waals surface area (Å²) in [6, 6.07) is 17.9. The van der Waals surface area contributed by atoms with E-state index in [4.69, 9.17) is 23.8 Å². The number of nitrogens with one attached hydrogen (secondary N) is 2. The maximum atomic E-state index is 12.5. The Morgan fingerprint density at radius 2 is 1.72 bits per heavy atom. The van der Waals surface area contributed by atoms with Crippen molar-refractivity contribution >= 4 is 29.7 Å². The molecule has 1 aliphatic heterocycles. The highest BCUT2D eigenvalue weighted by Gasteiger charge is 2.17. The number of benzene rings is 2. The molecule has 4 rings (SSSR count). The van der Waals surface area contributed by atoms with Crippen LogP contribution in [0.2, 0.25) is 5.02 Å². The second kappa shape index (κ2) is 10.9. The van der Waals surface area contributed by atoms with Crippen molar-refractivity contribution in [3.63, 3.8) is 0 Å². The van der Waals surface area contributed by atoms with Crippen molar-refractivity contribution in [2.24, 2.45) is 0 Å². The Labute approximate surface area is 198 Å². The smallest absolute Gasteiger partial charge is 0.240 e. The molecule has 0 radical (unpaired) electrons. The fourth-order valence-electron chi connectivity index (χ4n) is 3.85. The van der Waals surface area contributed by atoms with Crippen LogP contribution in [0.5, 0.6) is 0 Å². The van der Waals surface area contributed by atoms with Crippen molar-refractivity contribution in [1.82, 2.24) is 29.9 Å². The maximum Gasteiger partial charge on any atom is 0.240 e. The van der Waals surface area contributed by atoms with Crippen LogP contribution in [0.15, 0.2) is 54.6 Å². The largest absolute Gasteiger partial charge is 0.353 e. The second-order valence-corrected chi connectivity index (χ2v) is 8.72. The highest BCUT2D eigenvalue weighted by Crippen LogP contribution is 2.19. The van der Waals surface area contributed by atoms with Crippen LogP contribution in [0.3, 0.4) is 0 Å². The quantitative estimate of drug-likeness (QED) is 0.495. The van der Waals surface area contributed by atoms with Gasteiger partial charge in [-0.25, -0.2) is 0 Å². The monoisotopic (exact) mass is 470 g/mol. The average Bonchev–Trinajstić information content (AvgIpc) is 3.16. The van der Waals surface area contributed by atoms with E-state index >= 15 is 0 Å². The van der Waals surface area contributed by atoms with Crippen LogP contribution in [0.25, 0.3) is 11.4 Å². The molecule has 0 unspecified atom stereocenters. The molecule has 0 saturated carbocycles. The van der Waals surface area contributed by atoms with Gasteiger partial charge in [-0.2, -0.15) is 5.10 Å². The van der Waals surface area contributed by atoms with E-state index in [-0.39, 0.29) is 12.5 Å². The molecule has 168 valence electrons. The molecule has 1 fully saturated rings. The minimum absolute atomic E-state index is 0.0829. The normalized spacial score (nSPS) is 15.0. The molecule has 0 atom stereocenters. The summed E-state index contributed by atoms with van der Waals surface area (Å²) in [5.41, 5.74) is 2.20. The van der Waals surface area contributed by atoms with Crippen LogP contribution in [0.4, 0.5) is 0 Å². The summed E-state index contributed by atoms with van der Waals surface area (Å²) in [5.74, 6) is 0.539. The fourth-order valence-corrected chi connectivity index (χ4v) is 4.17. The van der Waals surface area contributed by atoms with Gasteiger partial charge in [0, 0.05) is 56.4 Å². The molecule has 9 heteroatoms. The number of halogens is 1. The first kappa shape index (κ1) is 22.7. The van der Waals surface area contributed by atoms with E-state index in [2.05, 4.69) is 55.6 Å². The van der Waals surface area contributed by atoms with Gasteiger partial charge < -0.3 is 5.32 Å². The number of carbonyl (C=O) groups is 1. The molecule has 0 bridgehead atoms. The summed E-state index contributed by atoms with van der Waals surface area (Å²) in [6.07, 6.45) is 0. The van der Waals surface area contributed by atoms with Gasteiger partial charge in [0.25, 0.3) is 0 Å². The Bertz CT molecular complexity index is 1070. The zero-order valence-corrected chi connectivity index (χ0v) is 19.4. The van der Waals surface area contributed by atoms with Gasteiger partial charge in [0.05, 0.1) is 0 Å². The van der Waals surface area contributed by atoms with Gasteiger partial charge in [0.2, 0.25) is 5.91 Å².